The van der Waals surface area contributed by atoms with Gasteiger partial charge in [-0.2, -0.15) is 4.31 Å². The van der Waals surface area contributed by atoms with Gasteiger partial charge in [0.25, 0.3) is 0 Å². The average Bonchev–Trinajstić information content (AvgIpc) is 3.06. The number of sulfonamides is 1. The molecule has 2 aliphatic rings. The molecule has 1 aromatic carbocycles. The Morgan fingerprint density at radius 1 is 1.32 bits per heavy atom. The Bertz CT molecular complexity index is 738. The van der Waals surface area contributed by atoms with E-state index in [1.54, 1.807) is 18.2 Å². The lowest BCUT2D eigenvalue weighted by Crippen LogP contribution is -2.42. The molecular weight excluding hydrogens is 338 g/mol. The number of benzene rings is 1. The van der Waals surface area contributed by atoms with Gasteiger partial charge in [0.05, 0.1) is 10.8 Å². The third-order valence-electron chi connectivity index (χ3n) is 5.20. The molecule has 0 aliphatic carbocycles. The molecule has 2 aliphatic heterocycles. The molecule has 1 fully saturated rings. The number of piperidine rings is 1. The van der Waals surface area contributed by atoms with E-state index in [9.17, 15) is 13.2 Å². The fraction of sp³-hybridized carbons (Fsp3) is 0.611. The lowest BCUT2D eigenvalue weighted by molar-refractivity contribution is -0.122. The highest BCUT2D eigenvalue weighted by atomic mass is 32.2. The molecule has 6 nitrogen and oxygen atoms in total. The molecule has 25 heavy (non-hydrogen) atoms. The number of fused-ring (bicyclic) bond motifs is 1. The van der Waals surface area contributed by atoms with Crippen LogP contribution in [0.25, 0.3) is 0 Å². The summed E-state index contributed by atoms with van der Waals surface area (Å²) in [7, 11) is -3.46. The van der Waals surface area contributed by atoms with Crippen LogP contribution >= 0.6 is 0 Å². The Kier molecular flexibility index (Phi) is 5.46. The first-order valence-electron chi connectivity index (χ1n) is 9.14. The zero-order valence-corrected chi connectivity index (χ0v) is 15.8. The molecule has 1 atom stereocenters. The molecule has 1 aromatic rings. The van der Waals surface area contributed by atoms with Crippen molar-refractivity contribution in [3.05, 3.63) is 23.8 Å². The molecule has 138 valence electrons. The normalized spacial score (nSPS) is 20.8. The van der Waals surface area contributed by atoms with E-state index in [0.717, 1.165) is 37.2 Å². The maximum absolute atomic E-state index is 12.8. The van der Waals surface area contributed by atoms with Gasteiger partial charge in [-0.1, -0.05) is 13.8 Å². The van der Waals surface area contributed by atoms with Crippen LogP contribution in [0.2, 0.25) is 0 Å². The third-order valence-corrected chi connectivity index (χ3v) is 7.25. The molecular formula is C18H27N3O3S. The summed E-state index contributed by atoms with van der Waals surface area (Å²) in [5.74, 6) is 0.184. The van der Waals surface area contributed by atoms with Crippen LogP contribution in [0, 0.1) is 5.92 Å². The van der Waals surface area contributed by atoms with Crippen molar-refractivity contribution in [2.24, 2.45) is 5.92 Å². The maximum atomic E-state index is 12.8. The van der Waals surface area contributed by atoms with Gasteiger partial charge in [-0.3, -0.25) is 4.79 Å². The zero-order chi connectivity index (χ0) is 18.0. The van der Waals surface area contributed by atoms with Crippen LogP contribution < -0.4 is 10.2 Å². The van der Waals surface area contributed by atoms with E-state index >= 15 is 0 Å². The molecule has 0 radical (unpaired) electrons. The highest BCUT2D eigenvalue weighted by molar-refractivity contribution is 7.89. The Labute approximate surface area is 150 Å². The number of amides is 1. The number of hydrogen-bond acceptors (Lipinski definition) is 4. The second kappa shape index (κ2) is 7.43. The van der Waals surface area contributed by atoms with Crippen molar-refractivity contribution in [2.45, 2.75) is 38.0 Å². The van der Waals surface area contributed by atoms with Crippen LogP contribution in [0.15, 0.2) is 23.1 Å². The number of nitrogens with zero attached hydrogens (tertiary/aromatic N) is 2. The topological polar surface area (TPSA) is 69.7 Å². The van der Waals surface area contributed by atoms with Crippen LogP contribution in [-0.2, 0) is 21.2 Å². The van der Waals surface area contributed by atoms with Gasteiger partial charge in [-0.15, -0.1) is 0 Å². The highest BCUT2D eigenvalue weighted by Gasteiger charge is 2.32. The van der Waals surface area contributed by atoms with Crippen molar-refractivity contribution >= 4 is 21.6 Å². The predicted octanol–water partition coefficient (Wildman–Crippen LogP) is 1.61. The number of carbonyl (C=O) groups is 1. The van der Waals surface area contributed by atoms with Gasteiger partial charge in [0.2, 0.25) is 15.9 Å². The van der Waals surface area contributed by atoms with Gasteiger partial charge in [0, 0.05) is 31.9 Å². The van der Waals surface area contributed by atoms with Crippen LogP contribution in [0.1, 0.15) is 32.3 Å². The summed E-state index contributed by atoms with van der Waals surface area (Å²) < 4.78 is 26.8. The summed E-state index contributed by atoms with van der Waals surface area (Å²) in [5, 5.41) is 3.29. The van der Waals surface area contributed by atoms with E-state index in [1.165, 1.54) is 4.31 Å². The third kappa shape index (κ3) is 3.45. The van der Waals surface area contributed by atoms with Crippen molar-refractivity contribution < 1.29 is 13.2 Å². The van der Waals surface area contributed by atoms with Gasteiger partial charge in [0.15, 0.2) is 0 Å². The fourth-order valence-corrected chi connectivity index (χ4v) is 5.27. The minimum atomic E-state index is -3.46. The molecule has 1 N–H and O–H groups in total. The lowest BCUT2D eigenvalue weighted by Gasteiger charge is -2.27. The van der Waals surface area contributed by atoms with Gasteiger partial charge in [-0.25, -0.2) is 8.42 Å². The number of carbonyl (C=O) groups excluding carboxylic acids is 1. The summed E-state index contributed by atoms with van der Waals surface area (Å²) in [5.41, 5.74) is 1.82. The van der Waals surface area contributed by atoms with E-state index in [1.807, 2.05) is 18.7 Å². The molecule has 0 bridgehead atoms. The molecule has 0 aromatic heterocycles. The van der Waals surface area contributed by atoms with E-state index in [-0.39, 0.29) is 11.8 Å². The largest absolute Gasteiger partial charge is 0.316 e. The number of hydrogen-bond donors (Lipinski definition) is 1. The van der Waals surface area contributed by atoms with Crippen molar-refractivity contribution in [3.63, 3.8) is 0 Å². The second-order valence-corrected chi connectivity index (χ2v) is 8.60. The van der Waals surface area contributed by atoms with Crippen molar-refractivity contribution in [1.82, 2.24) is 9.62 Å². The number of anilines is 1. The summed E-state index contributed by atoms with van der Waals surface area (Å²) >= 11 is 0. The van der Waals surface area contributed by atoms with Gasteiger partial charge >= 0.3 is 0 Å². The zero-order valence-electron chi connectivity index (χ0n) is 15.0. The monoisotopic (exact) mass is 365 g/mol. The van der Waals surface area contributed by atoms with E-state index in [0.29, 0.717) is 31.0 Å². The summed E-state index contributed by atoms with van der Waals surface area (Å²) in [6.07, 6.45) is 2.66. The minimum Gasteiger partial charge on any atom is -0.316 e. The molecule has 1 amide bonds. The van der Waals surface area contributed by atoms with Crippen LogP contribution in [0.4, 0.5) is 5.69 Å². The van der Waals surface area contributed by atoms with Gasteiger partial charge < -0.3 is 10.2 Å². The Balaban J connectivity index is 1.84. The maximum Gasteiger partial charge on any atom is 0.243 e. The van der Waals surface area contributed by atoms with Crippen LogP contribution in [0.5, 0.6) is 0 Å². The first-order valence-corrected chi connectivity index (χ1v) is 10.6. The quantitative estimate of drug-likeness (QED) is 0.861. The van der Waals surface area contributed by atoms with Crippen molar-refractivity contribution in [1.29, 1.82) is 0 Å². The number of nitrogens with one attached hydrogen (secondary N) is 1. The molecule has 0 saturated carbocycles. The SMILES string of the molecule is CCN(CC)S(=O)(=O)c1ccc2c(c1)CCN2C(=O)C1CCCNC1. The molecule has 1 unspecified atom stereocenters. The van der Waals surface area contributed by atoms with Gasteiger partial charge in [0.1, 0.15) is 0 Å². The van der Waals surface area contributed by atoms with E-state index in [4.69, 9.17) is 0 Å². The lowest BCUT2D eigenvalue weighted by atomic mass is 9.98. The molecule has 1 saturated heterocycles. The molecule has 7 heteroatoms. The summed E-state index contributed by atoms with van der Waals surface area (Å²) in [4.78, 5) is 15.0. The second-order valence-electron chi connectivity index (χ2n) is 6.66. The minimum absolute atomic E-state index is 0.0267. The van der Waals surface area contributed by atoms with Gasteiger partial charge in [-0.05, 0) is 49.6 Å². The van der Waals surface area contributed by atoms with E-state index < -0.39 is 10.0 Å². The van der Waals surface area contributed by atoms with Crippen molar-refractivity contribution in [3.8, 4) is 0 Å². The first-order chi connectivity index (χ1) is 12.0. The highest BCUT2D eigenvalue weighted by Crippen LogP contribution is 2.32. The molecule has 3 rings (SSSR count). The van der Waals surface area contributed by atoms with Crippen LogP contribution in [-0.4, -0.2) is 51.4 Å². The summed E-state index contributed by atoms with van der Waals surface area (Å²) in [6.45, 7) is 6.94. The Morgan fingerprint density at radius 2 is 2.08 bits per heavy atom. The standard InChI is InChI=1S/C18H27N3O3S/c1-3-20(4-2)25(23,24)16-7-8-17-14(12-16)9-11-21(17)18(22)15-6-5-10-19-13-15/h7-8,12,15,19H,3-6,9-11,13H2,1-2H3. The molecule has 0 spiro atoms. The smallest absolute Gasteiger partial charge is 0.243 e. The Morgan fingerprint density at radius 3 is 2.72 bits per heavy atom. The fourth-order valence-electron chi connectivity index (χ4n) is 3.76. The van der Waals surface area contributed by atoms with Crippen molar-refractivity contribution in [2.75, 3.05) is 37.6 Å². The number of rotatable bonds is 5. The average molecular weight is 365 g/mol. The first kappa shape index (κ1) is 18.4. The summed E-state index contributed by atoms with van der Waals surface area (Å²) in [6, 6.07) is 5.18. The molecule has 2 heterocycles. The Hall–Kier alpha value is -1.44. The van der Waals surface area contributed by atoms with Crippen LogP contribution in [0.3, 0.4) is 0 Å². The predicted molar refractivity (Wildman–Crippen MR) is 98.2 cm³/mol. The van der Waals surface area contributed by atoms with E-state index in [2.05, 4.69) is 5.32 Å².